The Labute approximate surface area is 80.1 Å². The molecule has 0 aromatic heterocycles. The van der Waals surface area contributed by atoms with Crippen molar-refractivity contribution in [2.75, 3.05) is 31.7 Å². The average Bonchev–Trinajstić information content (AvgIpc) is 2.10. The van der Waals surface area contributed by atoms with E-state index in [1.54, 1.807) is 0 Å². The lowest BCUT2D eigenvalue weighted by molar-refractivity contribution is 0.283. The van der Waals surface area contributed by atoms with Crippen LogP contribution >= 0.6 is 11.8 Å². The molecular formula is C9H21NOS. The zero-order chi connectivity index (χ0) is 9.07. The van der Waals surface area contributed by atoms with Crippen molar-refractivity contribution < 1.29 is 5.11 Å². The number of thioether (sulfide) groups is 1. The minimum Gasteiger partial charge on any atom is -0.396 e. The van der Waals surface area contributed by atoms with Crippen molar-refractivity contribution in [3.8, 4) is 0 Å². The lowest BCUT2D eigenvalue weighted by Crippen LogP contribution is -2.17. The van der Waals surface area contributed by atoms with Crippen molar-refractivity contribution in [2.24, 2.45) is 0 Å². The molecule has 0 amide bonds. The van der Waals surface area contributed by atoms with Crippen LogP contribution < -0.4 is 5.32 Å². The highest BCUT2D eigenvalue weighted by Crippen LogP contribution is 1.94. The monoisotopic (exact) mass is 191 g/mol. The van der Waals surface area contributed by atoms with Crippen LogP contribution in [0.1, 0.15) is 25.7 Å². The smallest absolute Gasteiger partial charge is 0.0431 e. The van der Waals surface area contributed by atoms with Crippen molar-refractivity contribution >= 4 is 11.8 Å². The maximum absolute atomic E-state index is 8.52. The van der Waals surface area contributed by atoms with Crippen LogP contribution in [0.15, 0.2) is 0 Å². The number of aliphatic hydroxyl groups excluding tert-OH is 1. The first-order valence-electron chi connectivity index (χ1n) is 4.72. The van der Waals surface area contributed by atoms with E-state index in [1.165, 1.54) is 18.6 Å². The summed E-state index contributed by atoms with van der Waals surface area (Å²) in [5.41, 5.74) is 0. The third-order valence-corrected chi connectivity index (χ3v) is 2.41. The molecule has 0 atom stereocenters. The fraction of sp³-hybridized carbons (Fsp3) is 1.00. The molecule has 0 radical (unpaired) electrons. The van der Waals surface area contributed by atoms with Crippen molar-refractivity contribution in [3.05, 3.63) is 0 Å². The van der Waals surface area contributed by atoms with E-state index >= 15 is 0 Å². The zero-order valence-electron chi connectivity index (χ0n) is 8.01. The van der Waals surface area contributed by atoms with Gasteiger partial charge in [0, 0.05) is 6.61 Å². The van der Waals surface area contributed by atoms with Gasteiger partial charge >= 0.3 is 0 Å². The van der Waals surface area contributed by atoms with Crippen molar-refractivity contribution in [1.29, 1.82) is 0 Å². The maximum atomic E-state index is 8.52. The Hall–Kier alpha value is 0.270. The van der Waals surface area contributed by atoms with Crippen LogP contribution in [-0.4, -0.2) is 36.8 Å². The van der Waals surface area contributed by atoms with Gasteiger partial charge in [0.15, 0.2) is 0 Å². The van der Waals surface area contributed by atoms with E-state index in [4.69, 9.17) is 5.11 Å². The van der Waals surface area contributed by atoms with Crippen LogP contribution in [0.25, 0.3) is 0 Å². The van der Waals surface area contributed by atoms with Crippen LogP contribution in [0.5, 0.6) is 0 Å². The largest absolute Gasteiger partial charge is 0.396 e. The number of unbranched alkanes of at least 4 members (excludes halogenated alkanes) is 2. The molecule has 0 saturated carbocycles. The summed E-state index contributed by atoms with van der Waals surface area (Å²) in [6.45, 7) is 2.58. The molecular weight excluding hydrogens is 170 g/mol. The number of rotatable bonds is 9. The van der Waals surface area contributed by atoms with Gasteiger partial charge in [-0.1, -0.05) is 0 Å². The summed E-state index contributed by atoms with van der Waals surface area (Å²) in [5.74, 6) is 1.25. The van der Waals surface area contributed by atoms with Crippen molar-refractivity contribution in [3.63, 3.8) is 0 Å². The van der Waals surface area contributed by atoms with Gasteiger partial charge in [-0.25, -0.2) is 0 Å². The van der Waals surface area contributed by atoms with Gasteiger partial charge in [-0.15, -0.1) is 0 Å². The third-order valence-electron chi connectivity index (χ3n) is 1.71. The van der Waals surface area contributed by atoms with Crippen LogP contribution in [0, 0.1) is 0 Å². The minimum absolute atomic E-state index is 0.340. The van der Waals surface area contributed by atoms with E-state index in [9.17, 15) is 0 Å². The quantitative estimate of drug-likeness (QED) is 0.542. The van der Waals surface area contributed by atoms with Gasteiger partial charge < -0.3 is 10.4 Å². The van der Waals surface area contributed by atoms with Gasteiger partial charge in [0.1, 0.15) is 0 Å². The molecule has 12 heavy (non-hydrogen) atoms. The molecule has 0 aliphatic rings. The van der Waals surface area contributed by atoms with E-state index in [0.717, 1.165) is 25.9 Å². The first-order chi connectivity index (χ1) is 5.91. The Bertz CT molecular complexity index is 70.9. The van der Waals surface area contributed by atoms with Crippen molar-refractivity contribution in [1.82, 2.24) is 5.32 Å². The van der Waals surface area contributed by atoms with Gasteiger partial charge in [-0.05, 0) is 50.8 Å². The molecule has 0 bridgehead atoms. The second-order valence-corrected chi connectivity index (χ2v) is 3.87. The van der Waals surface area contributed by atoms with Crippen molar-refractivity contribution in [2.45, 2.75) is 25.7 Å². The molecule has 0 heterocycles. The summed E-state index contributed by atoms with van der Waals surface area (Å²) in [6.07, 6.45) is 6.70. The molecule has 0 spiro atoms. The first-order valence-corrected chi connectivity index (χ1v) is 6.11. The molecule has 0 rings (SSSR count). The van der Waals surface area contributed by atoms with E-state index in [0.29, 0.717) is 6.61 Å². The highest BCUT2D eigenvalue weighted by molar-refractivity contribution is 7.98. The lowest BCUT2D eigenvalue weighted by Gasteiger charge is -2.02. The minimum atomic E-state index is 0.340. The molecule has 0 saturated heterocycles. The Morgan fingerprint density at radius 2 is 1.83 bits per heavy atom. The Morgan fingerprint density at radius 3 is 2.50 bits per heavy atom. The van der Waals surface area contributed by atoms with Gasteiger partial charge in [-0.2, -0.15) is 11.8 Å². The third kappa shape index (κ3) is 10.3. The highest BCUT2D eigenvalue weighted by Gasteiger charge is 1.88. The fourth-order valence-electron chi connectivity index (χ4n) is 1.01. The van der Waals surface area contributed by atoms with Crippen LogP contribution in [0.2, 0.25) is 0 Å². The Morgan fingerprint density at radius 1 is 1.08 bits per heavy atom. The van der Waals surface area contributed by atoms with Gasteiger partial charge in [0.2, 0.25) is 0 Å². The Balaban J connectivity index is 2.73. The number of hydrogen-bond donors (Lipinski definition) is 2. The summed E-state index contributed by atoms with van der Waals surface area (Å²) >= 11 is 1.90. The molecule has 0 unspecified atom stereocenters. The molecule has 0 aromatic rings. The lowest BCUT2D eigenvalue weighted by atomic mass is 10.2. The highest BCUT2D eigenvalue weighted by atomic mass is 32.2. The number of hydrogen-bond acceptors (Lipinski definition) is 3. The van der Waals surface area contributed by atoms with Gasteiger partial charge in [0.25, 0.3) is 0 Å². The Kier molecular flexibility index (Phi) is 11.5. The van der Waals surface area contributed by atoms with E-state index in [-0.39, 0.29) is 0 Å². The predicted molar refractivity (Wildman–Crippen MR) is 56.8 cm³/mol. The van der Waals surface area contributed by atoms with Crippen LogP contribution in [0.3, 0.4) is 0 Å². The molecule has 2 nitrogen and oxygen atoms in total. The first kappa shape index (κ1) is 12.3. The zero-order valence-corrected chi connectivity index (χ0v) is 8.83. The molecule has 0 aromatic carbocycles. The van der Waals surface area contributed by atoms with E-state index < -0.39 is 0 Å². The van der Waals surface area contributed by atoms with Gasteiger partial charge in [0.05, 0.1) is 0 Å². The molecule has 2 N–H and O–H groups in total. The molecule has 0 aliphatic carbocycles. The SMILES string of the molecule is CSCCCNCCCCCO. The summed E-state index contributed by atoms with van der Waals surface area (Å²) in [4.78, 5) is 0. The van der Waals surface area contributed by atoms with Gasteiger partial charge in [-0.3, -0.25) is 0 Å². The summed E-state index contributed by atoms with van der Waals surface area (Å²) in [5, 5.41) is 11.9. The molecule has 74 valence electrons. The molecule has 0 aliphatic heterocycles. The fourth-order valence-corrected chi connectivity index (χ4v) is 1.44. The topological polar surface area (TPSA) is 32.3 Å². The summed E-state index contributed by atoms with van der Waals surface area (Å²) in [7, 11) is 0. The number of nitrogens with one attached hydrogen (secondary N) is 1. The summed E-state index contributed by atoms with van der Waals surface area (Å²) < 4.78 is 0. The predicted octanol–water partition coefficient (Wildman–Crippen LogP) is 1.49. The number of aliphatic hydroxyl groups is 1. The second kappa shape index (κ2) is 11.3. The average molecular weight is 191 g/mol. The van der Waals surface area contributed by atoms with E-state index in [1.807, 2.05) is 11.8 Å². The summed E-state index contributed by atoms with van der Waals surface area (Å²) in [6, 6.07) is 0. The molecule has 0 fully saturated rings. The van der Waals surface area contributed by atoms with E-state index in [2.05, 4.69) is 11.6 Å². The molecule has 3 heteroatoms. The van der Waals surface area contributed by atoms with Crippen LogP contribution in [0.4, 0.5) is 0 Å². The normalized spacial score (nSPS) is 10.5. The van der Waals surface area contributed by atoms with Crippen LogP contribution in [-0.2, 0) is 0 Å². The second-order valence-electron chi connectivity index (χ2n) is 2.88. The maximum Gasteiger partial charge on any atom is 0.0431 e. The standard InChI is InChI=1S/C9H21NOS/c1-12-9-5-7-10-6-3-2-4-8-11/h10-11H,2-9H2,1H3.